The molecule has 15 heavy (non-hydrogen) atoms. The van der Waals surface area contributed by atoms with E-state index >= 15 is 0 Å². The summed E-state index contributed by atoms with van der Waals surface area (Å²) in [6, 6.07) is -0.741. The van der Waals surface area contributed by atoms with Crippen LogP contribution in [0.5, 0.6) is 0 Å². The maximum atomic E-state index is 10.8. The van der Waals surface area contributed by atoms with E-state index in [1.807, 2.05) is 25.9 Å². The standard InChI is InChI=1S/C9H19N3O3/c1-6(12(2)3)11-7(9(14)15)4-5-8(10)13/h6-7,11H,4-5H2,1-3H3,(H2,10,13)(H,14,15). The first-order valence-corrected chi connectivity index (χ1v) is 4.78. The van der Waals surface area contributed by atoms with Gasteiger partial charge in [0.15, 0.2) is 0 Å². The van der Waals surface area contributed by atoms with Crippen LogP contribution in [0.15, 0.2) is 0 Å². The molecule has 0 aromatic carbocycles. The summed E-state index contributed by atoms with van der Waals surface area (Å²) in [7, 11) is 3.68. The van der Waals surface area contributed by atoms with Crippen LogP contribution in [0, 0.1) is 0 Å². The molecule has 0 aliphatic carbocycles. The van der Waals surface area contributed by atoms with E-state index in [1.165, 1.54) is 0 Å². The van der Waals surface area contributed by atoms with Gasteiger partial charge in [0, 0.05) is 6.42 Å². The number of amides is 1. The Morgan fingerprint density at radius 2 is 2.00 bits per heavy atom. The average Bonchev–Trinajstić information content (AvgIpc) is 2.10. The van der Waals surface area contributed by atoms with Crippen molar-refractivity contribution >= 4 is 11.9 Å². The monoisotopic (exact) mass is 217 g/mol. The van der Waals surface area contributed by atoms with Gasteiger partial charge in [0.1, 0.15) is 6.04 Å². The van der Waals surface area contributed by atoms with E-state index in [0.29, 0.717) is 0 Å². The fraction of sp³-hybridized carbons (Fsp3) is 0.778. The van der Waals surface area contributed by atoms with Crippen molar-refractivity contribution in [2.24, 2.45) is 5.73 Å². The number of nitrogens with two attached hydrogens (primary N) is 1. The second-order valence-corrected chi connectivity index (χ2v) is 3.70. The Bertz CT molecular complexity index is 231. The number of carbonyl (C=O) groups is 2. The fourth-order valence-corrected chi connectivity index (χ4v) is 1.00. The average molecular weight is 217 g/mol. The van der Waals surface area contributed by atoms with Crippen molar-refractivity contribution in [3.63, 3.8) is 0 Å². The molecule has 0 heterocycles. The SMILES string of the molecule is CC(NC(CCC(N)=O)C(=O)O)N(C)C. The number of rotatable bonds is 7. The molecule has 0 fully saturated rings. The summed E-state index contributed by atoms with van der Waals surface area (Å²) in [6.07, 6.45) is 0.214. The van der Waals surface area contributed by atoms with E-state index in [4.69, 9.17) is 10.8 Å². The summed E-state index contributed by atoms with van der Waals surface area (Å²) in [6.45, 7) is 1.85. The second kappa shape index (κ2) is 6.36. The van der Waals surface area contributed by atoms with Crippen LogP contribution in [0.2, 0.25) is 0 Å². The van der Waals surface area contributed by atoms with E-state index < -0.39 is 17.9 Å². The topological polar surface area (TPSA) is 95.7 Å². The molecule has 1 amide bonds. The van der Waals surface area contributed by atoms with Gasteiger partial charge in [-0.15, -0.1) is 0 Å². The van der Waals surface area contributed by atoms with Gasteiger partial charge in [0.05, 0.1) is 6.17 Å². The van der Waals surface area contributed by atoms with Crippen LogP contribution < -0.4 is 11.1 Å². The van der Waals surface area contributed by atoms with Crippen LogP contribution >= 0.6 is 0 Å². The maximum absolute atomic E-state index is 10.8. The van der Waals surface area contributed by atoms with E-state index in [9.17, 15) is 9.59 Å². The first-order valence-electron chi connectivity index (χ1n) is 4.78. The van der Waals surface area contributed by atoms with Crippen molar-refractivity contribution < 1.29 is 14.7 Å². The number of hydrogen-bond acceptors (Lipinski definition) is 4. The lowest BCUT2D eigenvalue weighted by molar-refractivity contribution is -0.140. The van der Waals surface area contributed by atoms with Gasteiger partial charge >= 0.3 is 5.97 Å². The quantitative estimate of drug-likeness (QED) is 0.485. The van der Waals surface area contributed by atoms with Crippen molar-refractivity contribution in [2.75, 3.05) is 14.1 Å². The molecule has 0 aliphatic rings. The van der Waals surface area contributed by atoms with Crippen molar-refractivity contribution in [1.82, 2.24) is 10.2 Å². The lowest BCUT2D eigenvalue weighted by atomic mass is 10.1. The highest BCUT2D eigenvalue weighted by Crippen LogP contribution is 2.00. The van der Waals surface area contributed by atoms with Crippen LogP contribution in [0.3, 0.4) is 0 Å². The lowest BCUT2D eigenvalue weighted by Gasteiger charge is -2.25. The minimum atomic E-state index is -0.968. The number of carboxylic acid groups (broad SMARTS) is 1. The number of nitrogens with one attached hydrogen (secondary N) is 1. The molecule has 88 valence electrons. The molecule has 0 aliphatic heterocycles. The zero-order valence-corrected chi connectivity index (χ0v) is 9.36. The van der Waals surface area contributed by atoms with E-state index in [-0.39, 0.29) is 19.0 Å². The first-order chi connectivity index (χ1) is 6.84. The zero-order chi connectivity index (χ0) is 12.0. The van der Waals surface area contributed by atoms with Gasteiger partial charge in [-0.05, 0) is 27.4 Å². The summed E-state index contributed by atoms with van der Waals surface area (Å²) < 4.78 is 0. The molecule has 0 aromatic heterocycles. The summed E-state index contributed by atoms with van der Waals surface area (Å²) in [4.78, 5) is 23.2. The normalized spacial score (nSPS) is 14.9. The Hall–Kier alpha value is -1.14. The number of aliphatic carboxylic acids is 1. The summed E-state index contributed by atoms with van der Waals surface area (Å²) >= 11 is 0. The molecule has 0 spiro atoms. The Balaban J connectivity index is 4.16. The van der Waals surface area contributed by atoms with Crippen LogP contribution in [-0.4, -0.2) is 48.2 Å². The highest BCUT2D eigenvalue weighted by molar-refractivity contribution is 5.77. The van der Waals surface area contributed by atoms with E-state index in [2.05, 4.69) is 5.32 Å². The van der Waals surface area contributed by atoms with Gasteiger partial charge in [0.25, 0.3) is 0 Å². The Morgan fingerprint density at radius 3 is 2.33 bits per heavy atom. The molecule has 2 atom stereocenters. The fourth-order valence-electron chi connectivity index (χ4n) is 1.00. The highest BCUT2D eigenvalue weighted by Gasteiger charge is 2.20. The van der Waals surface area contributed by atoms with Gasteiger partial charge < -0.3 is 10.8 Å². The number of carbonyl (C=O) groups excluding carboxylic acids is 1. The van der Waals surface area contributed by atoms with Crippen molar-refractivity contribution in [1.29, 1.82) is 0 Å². The van der Waals surface area contributed by atoms with Crippen LogP contribution in [0.4, 0.5) is 0 Å². The number of carboxylic acids is 1. The van der Waals surface area contributed by atoms with E-state index in [1.54, 1.807) is 0 Å². The van der Waals surface area contributed by atoms with Crippen molar-refractivity contribution in [2.45, 2.75) is 32.0 Å². The molecular formula is C9H19N3O3. The molecule has 0 rings (SSSR count). The second-order valence-electron chi connectivity index (χ2n) is 3.70. The Labute approximate surface area is 89.4 Å². The smallest absolute Gasteiger partial charge is 0.320 e. The minimum absolute atomic E-state index is 0.0704. The van der Waals surface area contributed by atoms with Gasteiger partial charge in [-0.2, -0.15) is 0 Å². The van der Waals surface area contributed by atoms with Gasteiger partial charge in [0.2, 0.25) is 5.91 Å². The third-order valence-corrected chi connectivity index (χ3v) is 2.19. The molecule has 4 N–H and O–H groups in total. The number of hydrogen-bond donors (Lipinski definition) is 3. The third kappa shape index (κ3) is 6.03. The molecule has 6 nitrogen and oxygen atoms in total. The Kier molecular flexibility index (Phi) is 5.88. The molecule has 0 saturated heterocycles. The summed E-state index contributed by atoms with van der Waals surface area (Å²) in [5.74, 6) is -1.45. The van der Waals surface area contributed by atoms with Crippen molar-refractivity contribution in [3.05, 3.63) is 0 Å². The first kappa shape index (κ1) is 13.9. The van der Waals surface area contributed by atoms with Gasteiger partial charge in [-0.3, -0.25) is 19.8 Å². The molecular weight excluding hydrogens is 198 g/mol. The minimum Gasteiger partial charge on any atom is -0.480 e. The number of nitrogens with zero attached hydrogens (tertiary/aromatic N) is 1. The molecule has 0 saturated carbocycles. The number of primary amides is 1. The lowest BCUT2D eigenvalue weighted by Crippen LogP contribution is -2.48. The van der Waals surface area contributed by atoms with Crippen LogP contribution in [0.25, 0.3) is 0 Å². The van der Waals surface area contributed by atoms with Crippen molar-refractivity contribution in [3.8, 4) is 0 Å². The van der Waals surface area contributed by atoms with Crippen LogP contribution in [0.1, 0.15) is 19.8 Å². The maximum Gasteiger partial charge on any atom is 0.320 e. The van der Waals surface area contributed by atoms with Crippen LogP contribution in [-0.2, 0) is 9.59 Å². The predicted octanol–water partition coefficient (Wildman–Crippen LogP) is -0.798. The highest BCUT2D eigenvalue weighted by atomic mass is 16.4. The summed E-state index contributed by atoms with van der Waals surface area (Å²) in [5, 5.41) is 11.8. The predicted molar refractivity (Wildman–Crippen MR) is 56.1 cm³/mol. The zero-order valence-electron chi connectivity index (χ0n) is 9.36. The molecule has 2 unspecified atom stereocenters. The molecule has 0 aromatic rings. The largest absolute Gasteiger partial charge is 0.480 e. The third-order valence-electron chi connectivity index (χ3n) is 2.19. The van der Waals surface area contributed by atoms with Gasteiger partial charge in [-0.25, -0.2) is 0 Å². The Morgan fingerprint density at radius 1 is 1.47 bits per heavy atom. The van der Waals surface area contributed by atoms with E-state index in [0.717, 1.165) is 0 Å². The van der Waals surface area contributed by atoms with Gasteiger partial charge in [-0.1, -0.05) is 0 Å². The summed E-state index contributed by atoms with van der Waals surface area (Å²) in [5.41, 5.74) is 4.96. The molecule has 0 radical (unpaired) electrons. The molecule has 0 bridgehead atoms. The molecule has 6 heteroatoms.